The molecule has 0 bridgehead atoms. The third-order valence-corrected chi connectivity index (χ3v) is 2.40. The summed E-state index contributed by atoms with van der Waals surface area (Å²) in [6.07, 6.45) is 2.60. The molecule has 1 amide bonds. The van der Waals surface area contributed by atoms with E-state index in [1.54, 1.807) is 0 Å². The van der Waals surface area contributed by atoms with Gasteiger partial charge in [-0.05, 0) is 18.2 Å². The zero-order chi connectivity index (χ0) is 14.5. The molecule has 0 spiro atoms. The Labute approximate surface area is 114 Å². The van der Waals surface area contributed by atoms with Crippen molar-refractivity contribution in [3.63, 3.8) is 0 Å². The molecule has 1 aromatic heterocycles. The Morgan fingerprint density at radius 1 is 1.20 bits per heavy atom. The highest BCUT2D eigenvalue weighted by molar-refractivity contribution is 6.02. The molecule has 20 heavy (non-hydrogen) atoms. The van der Waals surface area contributed by atoms with Crippen molar-refractivity contribution in [2.45, 2.75) is 0 Å². The number of carbonyl (C=O) groups excluding carboxylic acids is 1. The largest absolute Gasteiger partial charge is 0.382 e. The number of amides is 1. The van der Waals surface area contributed by atoms with Gasteiger partial charge in [-0.15, -0.1) is 0 Å². The Bertz CT molecular complexity index is 756. The molecule has 1 heterocycles. The maximum atomic E-state index is 11.9. The summed E-state index contributed by atoms with van der Waals surface area (Å²) >= 11 is 0. The lowest BCUT2D eigenvalue weighted by atomic mass is 10.1. The van der Waals surface area contributed by atoms with Gasteiger partial charge in [0.25, 0.3) is 5.91 Å². The molecule has 3 N–H and O–H groups in total. The second-order valence-electron chi connectivity index (χ2n) is 3.77. The van der Waals surface area contributed by atoms with Crippen molar-refractivity contribution < 1.29 is 4.79 Å². The van der Waals surface area contributed by atoms with Crippen LogP contribution in [0.3, 0.4) is 0 Å². The van der Waals surface area contributed by atoms with Gasteiger partial charge in [0.15, 0.2) is 0 Å². The summed E-state index contributed by atoms with van der Waals surface area (Å²) in [5.74, 6) is -0.367. The highest BCUT2D eigenvalue weighted by atomic mass is 16.1. The summed E-state index contributed by atoms with van der Waals surface area (Å²) in [7, 11) is 0. The van der Waals surface area contributed by atoms with Crippen molar-refractivity contribution in [1.29, 1.82) is 10.5 Å². The fraction of sp³-hybridized carbons (Fsp3) is 0. The van der Waals surface area contributed by atoms with E-state index in [0.29, 0.717) is 5.69 Å². The van der Waals surface area contributed by atoms with Crippen LogP contribution in [-0.2, 0) is 0 Å². The first-order valence-electron chi connectivity index (χ1n) is 5.47. The van der Waals surface area contributed by atoms with Gasteiger partial charge in [-0.2, -0.15) is 10.5 Å². The molecule has 0 aliphatic heterocycles. The Kier molecular flexibility index (Phi) is 3.55. The standard InChI is InChI=1S/C13H8N6O/c14-4-8-1-2-10(3-9(8)5-15)18-13(20)11-6-17-7-12(16)19-11/h1-3,6-7H,(H2,16,19)(H,18,20). The lowest BCUT2D eigenvalue weighted by molar-refractivity contribution is 0.102. The van der Waals surface area contributed by atoms with E-state index < -0.39 is 5.91 Å². The van der Waals surface area contributed by atoms with Gasteiger partial charge in [0.1, 0.15) is 23.7 Å². The van der Waals surface area contributed by atoms with Crippen LogP contribution in [0.2, 0.25) is 0 Å². The number of carbonyl (C=O) groups is 1. The summed E-state index contributed by atoms with van der Waals surface area (Å²) in [6, 6.07) is 8.17. The van der Waals surface area contributed by atoms with Crippen LogP contribution in [0.15, 0.2) is 30.6 Å². The summed E-state index contributed by atoms with van der Waals surface area (Å²) in [5.41, 5.74) is 6.32. The van der Waals surface area contributed by atoms with Crippen molar-refractivity contribution in [2.75, 3.05) is 11.1 Å². The number of hydrogen-bond donors (Lipinski definition) is 2. The number of nitrogens with one attached hydrogen (secondary N) is 1. The quantitative estimate of drug-likeness (QED) is 0.834. The van der Waals surface area contributed by atoms with Crippen molar-refractivity contribution in [3.05, 3.63) is 47.4 Å². The summed E-state index contributed by atoms with van der Waals surface area (Å²) in [5, 5.41) is 20.3. The molecule has 0 atom stereocenters. The molecule has 0 aliphatic rings. The molecular formula is C13H8N6O. The zero-order valence-corrected chi connectivity index (χ0v) is 10.2. The minimum atomic E-state index is -0.501. The lowest BCUT2D eigenvalue weighted by Crippen LogP contribution is -2.15. The maximum absolute atomic E-state index is 11.9. The molecule has 2 rings (SSSR count). The lowest BCUT2D eigenvalue weighted by Gasteiger charge is -2.05. The average Bonchev–Trinajstić information content (AvgIpc) is 2.47. The van der Waals surface area contributed by atoms with Gasteiger partial charge < -0.3 is 11.1 Å². The summed E-state index contributed by atoms with van der Waals surface area (Å²) < 4.78 is 0. The second kappa shape index (κ2) is 5.46. The van der Waals surface area contributed by atoms with Crippen LogP contribution in [-0.4, -0.2) is 15.9 Å². The van der Waals surface area contributed by atoms with Crippen molar-refractivity contribution in [3.8, 4) is 12.1 Å². The van der Waals surface area contributed by atoms with E-state index in [1.807, 2.05) is 12.1 Å². The highest BCUT2D eigenvalue weighted by Gasteiger charge is 2.10. The Morgan fingerprint density at radius 3 is 2.60 bits per heavy atom. The fourth-order valence-corrected chi connectivity index (χ4v) is 1.50. The molecule has 7 heteroatoms. The van der Waals surface area contributed by atoms with Gasteiger partial charge in [0, 0.05) is 5.69 Å². The van der Waals surface area contributed by atoms with Gasteiger partial charge in [-0.25, -0.2) is 4.98 Å². The smallest absolute Gasteiger partial charge is 0.275 e. The Balaban J connectivity index is 2.25. The molecule has 0 radical (unpaired) electrons. The van der Waals surface area contributed by atoms with E-state index in [0.717, 1.165) is 0 Å². The van der Waals surface area contributed by atoms with Crippen LogP contribution in [0.5, 0.6) is 0 Å². The molecule has 2 aromatic rings. The number of hydrogen-bond acceptors (Lipinski definition) is 6. The zero-order valence-electron chi connectivity index (χ0n) is 10.2. The number of nitrogen functional groups attached to an aromatic ring is 1. The monoisotopic (exact) mass is 264 g/mol. The molecule has 1 aromatic carbocycles. The second-order valence-corrected chi connectivity index (χ2v) is 3.77. The van der Waals surface area contributed by atoms with Crippen molar-refractivity contribution in [2.24, 2.45) is 0 Å². The number of aromatic nitrogens is 2. The normalized spacial score (nSPS) is 9.30. The summed E-state index contributed by atoms with van der Waals surface area (Å²) in [4.78, 5) is 19.5. The maximum Gasteiger partial charge on any atom is 0.275 e. The molecule has 0 saturated heterocycles. The molecular weight excluding hydrogens is 256 g/mol. The Hall–Kier alpha value is -3.45. The van der Waals surface area contributed by atoms with Gasteiger partial charge in [0.05, 0.1) is 23.5 Å². The van der Waals surface area contributed by atoms with Crippen molar-refractivity contribution in [1.82, 2.24) is 9.97 Å². The number of benzene rings is 1. The van der Waals surface area contributed by atoms with Gasteiger partial charge >= 0.3 is 0 Å². The van der Waals surface area contributed by atoms with E-state index >= 15 is 0 Å². The van der Waals surface area contributed by atoms with Crippen LogP contribution < -0.4 is 11.1 Å². The van der Waals surface area contributed by atoms with E-state index in [-0.39, 0.29) is 22.6 Å². The molecule has 0 fully saturated rings. The van der Waals surface area contributed by atoms with Crippen LogP contribution >= 0.6 is 0 Å². The number of nitrogens with two attached hydrogens (primary N) is 1. The van der Waals surface area contributed by atoms with Gasteiger partial charge in [-0.3, -0.25) is 9.78 Å². The molecule has 0 aliphatic carbocycles. The number of anilines is 2. The number of nitrogens with zero attached hydrogens (tertiary/aromatic N) is 4. The first kappa shape index (κ1) is 13.0. The topological polar surface area (TPSA) is 128 Å². The molecule has 96 valence electrons. The van der Waals surface area contributed by atoms with Crippen LogP contribution in [0.25, 0.3) is 0 Å². The van der Waals surface area contributed by atoms with E-state index in [4.69, 9.17) is 16.3 Å². The average molecular weight is 264 g/mol. The molecule has 0 unspecified atom stereocenters. The van der Waals surface area contributed by atoms with Gasteiger partial charge in [-0.1, -0.05) is 0 Å². The number of nitriles is 2. The minimum Gasteiger partial charge on any atom is -0.382 e. The third kappa shape index (κ3) is 2.68. The Morgan fingerprint density at radius 2 is 1.95 bits per heavy atom. The van der Waals surface area contributed by atoms with Crippen LogP contribution in [0.4, 0.5) is 11.5 Å². The molecule has 0 saturated carbocycles. The van der Waals surface area contributed by atoms with E-state index in [1.165, 1.54) is 30.6 Å². The SMILES string of the molecule is N#Cc1ccc(NC(=O)c2cncc(N)n2)cc1C#N. The minimum absolute atomic E-state index is 0.0628. The molecule has 7 nitrogen and oxygen atoms in total. The predicted molar refractivity (Wildman–Crippen MR) is 70.3 cm³/mol. The third-order valence-electron chi connectivity index (χ3n) is 2.40. The van der Waals surface area contributed by atoms with E-state index in [9.17, 15) is 4.79 Å². The van der Waals surface area contributed by atoms with E-state index in [2.05, 4.69) is 15.3 Å². The summed E-state index contributed by atoms with van der Waals surface area (Å²) in [6.45, 7) is 0. The number of rotatable bonds is 2. The first-order chi connectivity index (χ1) is 9.63. The highest BCUT2D eigenvalue weighted by Crippen LogP contribution is 2.15. The van der Waals surface area contributed by atoms with Gasteiger partial charge in [0.2, 0.25) is 0 Å². The first-order valence-corrected chi connectivity index (χ1v) is 5.47. The van der Waals surface area contributed by atoms with Crippen LogP contribution in [0.1, 0.15) is 21.6 Å². The van der Waals surface area contributed by atoms with Crippen LogP contribution in [0, 0.1) is 22.7 Å². The fourth-order valence-electron chi connectivity index (χ4n) is 1.50. The predicted octanol–water partition coefficient (Wildman–Crippen LogP) is 1.05. The van der Waals surface area contributed by atoms with Crippen molar-refractivity contribution >= 4 is 17.4 Å².